The van der Waals surface area contributed by atoms with Crippen LogP contribution in [-0.2, 0) is 5.41 Å². The molecule has 1 heterocycles. The minimum Gasteiger partial charge on any atom is -0.497 e. The summed E-state index contributed by atoms with van der Waals surface area (Å²) in [6, 6.07) is 6.92. The number of rotatable bonds is 2. The molecular weight excluding hydrogens is 174 g/mol. The lowest BCUT2D eigenvalue weighted by molar-refractivity contribution is 0.413. The van der Waals surface area contributed by atoms with Gasteiger partial charge < -0.3 is 10.1 Å². The lowest BCUT2D eigenvalue weighted by atomic mass is 9.95. The third-order valence-corrected chi connectivity index (χ3v) is 2.83. The molecule has 2 nitrogen and oxygen atoms in total. The minimum atomic E-state index is -2.04. The van der Waals surface area contributed by atoms with Crippen molar-refractivity contribution in [2.75, 3.05) is 20.2 Å². The lowest BCUT2D eigenvalue weighted by Crippen LogP contribution is -2.19. The van der Waals surface area contributed by atoms with Crippen LogP contribution in [0.1, 0.15) is 18.8 Å². The van der Waals surface area contributed by atoms with Gasteiger partial charge in [-0.2, -0.15) is 0 Å². The van der Waals surface area contributed by atoms with Crippen molar-refractivity contribution in [2.45, 2.75) is 11.8 Å². The van der Waals surface area contributed by atoms with Gasteiger partial charge in [-0.3, -0.25) is 0 Å². The van der Waals surface area contributed by atoms with Crippen LogP contribution in [0.15, 0.2) is 24.3 Å². The number of benzene rings is 1. The van der Waals surface area contributed by atoms with E-state index in [9.17, 15) is 0 Å². The van der Waals surface area contributed by atoms with Crippen molar-refractivity contribution < 1.29 is 11.6 Å². The topological polar surface area (TPSA) is 21.3 Å². The maximum Gasteiger partial charge on any atom is 0.119 e. The van der Waals surface area contributed by atoms with Gasteiger partial charge in [0.05, 0.1) is 7.11 Å². The van der Waals surface area contributed by atoms with Gasteiger partial charge in [0, 0.05) is 18.8 Å². The molecule has 1 aromatic carbocycles. The van der Waals surface area contributed by atoms with Crippen molar-refractivity contribution in [1.29, 1.82) is 0 Å². The molecule has 2 fully saturated rings. The summed E-state index contributed by atoms with van der Waals surface area (Å²) in [5.41, 5.74) is -0.543. The van der Waals surface area contributed by atoms with Crippen molar-refractivity contribution in [3.8, 4) is 5.75 Å². The van der Waals surface area contributed by atoms with E-state index in [2.05, 4.69) is 5.32 Å². The van der Waals surface area contributed by atoms with Crippen molar-refractivity contribution in [3.63, 3.8) is 0 Å². The molecule has 0 spiro atoms. The minimum absolute atomic E-state index is 0.115. The van der Waals surface area contributed by atoms with Crippen LogP contribution in [0, 0.1) is 5.89 Å². The van der Waals surface area contributed by atoms with Crippen molar-refractivity contribution in [1.82, 2.24) is 5.32 Å². The van der Waals surface area contributed by atoms with Crippen LogP contribution in [0.3, 0.4) is 0 Å². The Morgan fingerprint density at radius 2 is 2.64 bits per heavy atom. The fourth-order valence-electron chi connectivity index (χ4n) is 1.92. The van der Waals surface area contributed by atoms with Gasteiger partial charge in [-0.25, -0.2) is 0 Å². The van der Waals surface area contributed by atoms with Gasteiger partial charge >= 0.3 is 0 Å². The molecule has 0 aromatic heterocycles. The Hall–Kier alpha value is -1.02. The number of ether oxygens (including phenoxy) is 1. The summed E-state index contributed by atoms with van der Waals surface area (Å²) in [6.45, 7) is -1.93. The highest BCUT2D eigenvalue weighted by Crippen LogP contribution is 2.56. The van der Waals surface area contributed by atoms with Crippen molar-refractivity contribution in [3.05, 3.63) is 29.8 Å². The molecule has 3 rings (SSSR count). The first-order valence-electron chi connectivity index (χ1n) is 7.14. The summed E-state index contributed by atoms with van der Waals surface area (Å²) in [6.07, 6.45) is -1.90. The quantitative estimate of drug-likeness (QED) is 0.771. The first-order chi connectivity index (χ1) is 8.74. The van der Waals surface area contributed by atoms with Gasteiger partial charge in [0.2, 0.25) is 0 Å². The van der Waals surface area contributed by atoms with E-state index in [1.54, 1.807) is 24.3 Å². The molecule has 1 aliphatic heterocycles. The van der Waals surface area contributed by atoms with E-state index >= 15 is 0 Å². The van der Waals surface area contributed by atoms with Crippen LogP contribution in [0.25, 0.3) is 0 Å². The molecular formula is C12H15NO. The van der Waals surface area contributed by atoms with Crippen LogP contribution >= 0.6 is 0 Å². The fraction of sp³-hybridized carbons (Fsp3) is 0.500. The van der Waals surface area contributed by atoms with Crippen LogP contribution in [-0.4, -0.2) is 20.2 Å². The second kappa shape index (κ2) is 2.74. The third-order valence-electron chi connectivity index (χ3n) is 2.83. The van der Waals surface area contributed by atoms with Crippen LogP contribution < -0.4 is 10.1 Å². The van der Waals surface area contributed by atoms with Crippen molar-refractivity contribution in [2.24, 2.45) is 5.89 Å². The van der Waals surface area contributed by atoms with E-state index in [1.807, 2.05) is 0 Å². The molecule has 1 aromatic rings. The predicted octanol–water partition coefficient (Wildman–Crippen LogP) is 1.56. The standard InChI is InChI=1S/C12H15NO/c1-14-11-4-2-3-9(5-11)12-6-10(12)7-13-8-12/h2-5,10,13H,6-8H2,1H3/i6D2,7D2,10D. The van der Waals surface area contributed by atoms with Gasteiger partial charge in [0.15, 0.2) is 0 Å². The number of hydrogen-bond acceptors (Lipinski definition) is 2. The van der Waals surface area contributed by atoms with E-state index in [1.165, 1.54) is 7.11 Å². The van der Waals surface area contributed by atoms with Crippen LogP contribution in [0.4, 0.5) is 0 Å². The van der Waals surface area contributed by atoms with E-state index in [-0.39, 0.29) is 6.54 Å². The summed E-state index contributed by atoms with van der Waals surface area (Å²) < 4.78 is 45.3. The molecule has 2 aliphatic rings. The molecule has 1 N–H and O–H groups in total. The Morgan fingerprint density at radius 1 is 1.71 bits per heavy atom. The zero-order valence-electron chi connectivity index (χ0n) is 12.9. The zero-order valence-corrected chi connectivity index (χ0v) is 7.92. The Bertz CT molecular complexity index is 549. The molecule has 0 bridgehead atoms. The zero-order chi connectivity index (χ0) is 14.1. The number of hydrogen-bond donors (Lipinski definition) is 1. The first-order valence-corrected chi connectivity index (χ1v) is 4.64. The summed E-state index contributed by atoms with van der Waals surface area (Å²) in [5, 5.41) is 2.63. The smallest absolute Gasteiger partial charge is 0.119 e. The summed E-state index contributed by atoms with van der Waals surface area (Å²) in [4.78, 5) is 0. The number of nitrogens with one attached hydrogen (secondary N) is 1. The molecule has 2 unspecified atom stereocenters. The summed E-state index contributed by atoms with van der Waals surface area (Å²) in [5.74, 6) is -1.22. The van der Waals surface area contributed by atoms with Crippen LogP contribution in [0.2, 0.25) is 0 Å². The van der Waals surface area contributed by atoms with Crippen molar-refractivity contribution >= 4 is 0 Å². The molecule has 1 saturated heterocycles. The first kappa shape index (κ1) is 4.67. The summed E-state index contributed by atoms with van der Waals surface area (Å²) >= 11 is 0. The van der Waals surface area contributed by atoms with Gasteiger partial charge in [-0.1, -0.05) is 12.1 Å². The average Bonchev–Trinajstić information content (AvgIpc) is 2.64. The molecule has 2 heteroatoms. The van der Waals surface area contributed by atoms with E-state index in [0.29, 0.717) is 11.3 Å². The number of piperidine rings is 1. The average molecular weight is 194 g/mol. The molecule has 74 valence electrons. The van der Waals surface area contributed by atoms with Gasteiger partial charge in [0.1, 0.15) is 5.75 Å². The maximum absolute atomic E-state index is 8.33. The Morgan fingerprint density at radius 3 is 3.36 bits per heavy atom. The largest absolute Gasteiger partial charge is 0.497 e. The molecule has 1 saturated carbocycles. The SMILES string of the molecule is [2H]C1([2H])NCC2(c3cccc(OC)c3)C([2H])([2H])C12[2H]. The molecule has 1 aliphatic carbocycles. The van der Waals surface area contributed by atoms with E-state index < -0.39 is 24.2 Å². The molecule has 0 radical (unpaired) electrons. The Labute approximate surface area is 91.3 Å². The number of fused-ring (bicyclic) bond motifs is 1. The maximum atomic E-state index is 8.33. The summed E-state index contributed by atoms with van der Waals surface area (Å²) in [7, 11) is 1.53. The Kier molecular flexibility index (Phi) is 0.912. The fourth-order valence-corrected chi connectivity index (χ4v) is 1.92. The number of methoxy groups -OCH3 is 1. The van der Waals surface area contributed by atoms with Gasteiger partial charge in [0.25, 0.3) is 0 Å². The highest BCUT2D eigenvalue weighted by atomic mass is 16.5. The Balaban J connectivity index is 2.15. The monoisotopic (exact) mass is 194 g/mol. The lowest BCUT2D eigenvalue weighted by Gasteiger charge is -2.13. The highest BCUT2D eigenvalue weighted by Gasteiger charge is 2.57. The second-order valence-corrected chi connectivity index (χ2v) is 3.62. The van der Waals surface area contributed by atoms with Gasteiger partial charge in [-0.15, -0.1) is 0 Å². The third kappa shape index (κ3) is 1.01. The van der Waals surface area contributed by atoms with E-state index in [4.69, 9.17) is 11.6 Å². The normalized spacial score (nSPS) is 51.6. The highest BCUT2D eigenvalue weighted by molar-refractivity contribution is 5.41. The molecule has 14 heavy (non-hydrogen) atoms. The predicted molar refractivity (Wildman–Crippen MR) is 55.6 cm³/mol. The van der Waals surface area contributed by atoms with E-state index in [0.717, 1.165) is 0 Å². The van der Waals surface area contributed by atoms with Crippen LogP contribution in [0.5, 0.6) is 5.75 Å². The second-order valence-electron chi connectivity index (χ2n) is 3.62. The molecule has 2 atom stereocenters. The molecule has 0 amide bonds. The van der Waals surface area contributed by atoms with Gasteiger partial charge in [-0.05, 0) is 36.5 Å².